The Hall–Kier alpha value is -2.80. The average molecular weight is 336 g/mol. The van der Waals surface area contributed by atoms with Crippen molar-refractivity contribution in [1.82, 2.24) is 10.2 Å². The molecule has 1 heterocycles. The summed E-state index contributed by atoms with van der Waals surface area (Å²) in [5.74, 6) is -2.73. The molecule has 0 saturated carbocycles. The smallest absolute Gasteiger partial charge is 0.313 e. The van der Waals surface area contributed by atoms with E-state index in [1.807, 2.05) is 0 Å². The highest BCUT2D eigenvalue weighted by Gasteiger charge is 2.17. The minimum Gasteiger partial charge on any atom is -0.412 e. The summed E-state index contributed by atoms with van der Waals surface area (Å²) >= 11 is 5.86. The van der Waals surface area contributed by atoms with Gasteiger partial charge in [0.2, 0.25) is 5.89 Å². The Morgan fingerprint density at radius 1 is 1.13 bits per heavy atom. The van der Waals surface area contributed by atoms with Crippen molar-refractivity contribution in [2.24, 2.45) is 0 Å². The summed E-state index contributed by atoms with van der Waals surface area (Å²) in [6, 6.07) is 9.40. The van der Waals surface area contributed by atoms with Crippen molar-refractivity contribution in [2.45, 2.75) is 0 Å². The van der Waals surface area contributed by atoms with E-state index in [1.54, 1.807) is 24.3 Å². The fourth-order valence-electron chi connectivity index (χ4n) is 1.82. The zero-order chi connectivity index (χ0) is 16.4. The van der Waals surface area contributed by atoms with Crippen LogP contribution in [0.15, 0.2) is 46.9 Å². The van der Waals surface area contributed by atoms with Crippen LogP contribution >= 0.6 is 11.6 Å². The molecule has 5 nitrogen and oxygen atoms in total. The third-order valence-corrected chi connectivity index (χ3v) is 3.11. The number of amides is 1. The van der Waals surface area contributed by atoms with Crippen molar-refractivity contribution < 1.29 is 18.0 Å². The Kier molecular flexibility index (Phi) is 4.03. The van der Waals surface area contributed by atoms with Crippen LogP contribution in [0.2, 0.25) is 5.02 Å². The van der Waals surface area contributed by atoms with Gasteiger partial charge in [0.05, 0.1) is 5.69 Å². The standard InChI is InChI=1S/C15H8ClF2N3O2/c16-9-3-1-2-8(6-9)14-20-21-15(23-14)13(22)19-12-5-4-10(17)7-11(12)18/h1-7H,(H,19,22). The predicted octanol–water partition coefficient (Wildman–Crippen LogP) is 3.92. The highest BCUT2D eigenvalue weighted by Crippen LogP contribution is 2.22. The van der Waals surface area contributed by atoms with Gasteiger partial charge in [-0.3, -0.25) is 4.79 Å². The zero-order valence-corrected chi connectivity index (χ0v) is 12.1. The summed E-state index contributed by atoms with van der Waals surface area (Å²) in [6.07, 6.45) is 0. The van der Waals surface area contributed by atoms with Crippen LogP contribution in [-0.4, -0.2) is 16.1 Å². The van der Waals surface area contributed by atoms with Gasteiger partial charge in [0.25, 0.3) is 0 Å². The van der Waals surface area contributed by atoms with Crippen LogP contribution in [0.4, 0.5) is 14.5 Å². The first-order chi connectivity index (χ1) is 11.0. The van der Waals surface area contributed by atoms with Crippen LogP contribution in [0, 0.1) is 11.6 Å². The molecule has 0 aliphatic carbocycles. The topological polar surface area (TPSA) is 68.0 Å². The van der Waals surface area contributed by atoms with Gasteiger partial charge in [0, 0.05) is 16.7 Å². The molecule has 1 amide bonds. The second kappa shape index (κ2) is 6.13. The van der Waals surface area contributed by atoms with E-state index in [0.29, 0.717) is 16.7 Å². The number of anilines is 1. The molecule has 1 N–H and O–H groups in total. The molecule has 0 aliphatic rings. The van der Waals surface area contributed by atoms with Crippen molar-refractivity contribution in [1.29, 1.82) is 0 Å². The van der Waals surface area contributed by atoms with E-state index in [-0.39, 0.29) is 17.5 Å². The van der Waals surface area contributed by atoms with Crippen molar-refractivity contribution in [3.05, 3.63) is 65.0 Å². The zero-order valence-electron chi connectivity index (χ0n) is 11.4. The summed E-state index contributed by atoms with van der Waals surface area (Å²) in [6.45, 7) is 0. The first-order valence-electron chi connectivity index (χ1n) is 6.39. The fraction of sp³-hybridized carbons (Fsp3) is 0. The quantitative estimate of drug-likeness (QED) is 0.787. The van der Waals surface area contributed by atoms with Crippen molar-refractivity contribution in [3.8, 4) is 11.5 Å². The minimum absolute atomic E-state index is 0.0947. The number of hydrogen-bond donors (Lipinski definition) is 1. The maximum absolute atomic E-state index is 13.5. The van der Waals surface area contributed by atoms with Crippen molar-refractivity contribution >= 4 is 23.2 Å². The van der Waals surface area contributed by atoms with Crippen LogP contribution in [0.3, 0.4) is 0 Å². The molecule has 3 aromatic rings. The first kappa shape index (κ1) is 15.1. The number of nitrogens with zero attached hydrogens (tertiary/aromatic N) is 2. The molecular weight excluding hydrogens is 328 g/mol. The van der Waals surface area contributed by atoms with Crippen LogP contribution in [0.25, 0.3) is 11.5 Å². The number of halogens is 3. The molecule has 0 radical (unpaired) electrons. The second-order valence-electron chi connectivity index (χ2n) is 4.50. The molecule has 0 unspecified atom stereocenters. The number of benzene rings is 2. The van der Waals surface area contributed by atoms with Gasteiger partial charge < -0.3 is 9.73 Å². The van der Waals surface area contributed by atoms with Crippen LogP contribution in [0.1, 0.15) is 10.7 Å². The minimum atomic E-state index is -0.909. The molecule has 23 heavy (non-hydrogen) atoms. The molecule has 8 heteroatoms. The van der Waals surface area contributed by atoms with E-state index in [0.717, 1.165) is 12.1 Å². The van der Waals surface area contributed by atoms with E-state index in [2.05, 4.69) is 15.5 Å². The molecule has 2 aromatic carbocycles. The predicted molar refractivity (Wildman–Crippen MR) is 79.1 cm³/mol. The monoisotopic (exact) mass is 335 g/mol. The molecule has 0 saturated heterocycles. The Morgan fingerprint density at radius 2 is 1.96 bits per heavy atom. The average Bonchev–Trinajstić information content (AvgIpc) is 3.00. The van der Waals surface area contributed by atoms with E-state index in [9.17, 15) is 13.6 Å². The molecule has 116 valence electrons. The van der Waals surface area contributed by atoms with Gasteiger partial charge in [-0.05, 0) is 30.3 Å². The van der Waals surface area contributed by atoms with Gasteiger partial charge in [-0.1, -0.05) is 17.7 Å². The first-order valence-corrected chi connectivity index (χ1v) is 6.76. The Morgan fingerprint density at radius 3 is 2.70 bits per heavy atom. The van der Waals surface area contributed by atoms with Crippen molar-refractivity contribution in [3.63, 3.8) is 0 Å². The van der Waals surface area contributed by atoms with E-state index < -0.39 is 17.5 Å². The summed E-state index contributed by atoms with van der Waals surface area (Å²) in [5.41, 5.74) is 0.343. The van der Waals surface area contributed by atoms with Gasteiger partial charge >= 0.3 is 11.8 Å². The normalized spacial score (nSPS) is 10.6. The van der Waals surface area contributed by atoms with E-state index in [1.165, 1.54) is 0 Å². The van der Waals surface area contributed by atoms with Gasteiger partial charge in [-0.25, -0.2) is 8.78 Å². The summed E-state index contributed by atoms with van der Waals surface area (Å²) in [5, 5.41) is 10.0. The largest absolute Gasteiger partial charge is 0.412 e. The molecule has 0 fully saturated rings. The Bertz CT molecular complexity index is 883. The molecule has 0 bridgehead atoms. The van der Waals surface area contributed by atoms with Gasteiger partial charge in [-0.2, -0.15) is 0 Å². The molecule has 3 rings (SSSR count). The molecule has 0 atom stereocenters. The highest BCUT2D eigenvalue weighted by molar-refractivity contribution is 6.30. The maximum Gasteiger partial charge on any atom is 0.313 e. The number of carbonyl (C=O) groups excluding carboxylic acids is 1. The summed E-state index contributed by atoms with van der Waals surface area (Å²) < 4.78 is 31.6. The van der Waals surface area contributed by atoms with Crippen LogP contribution in [0.5, 0.6) is 0 Å². The Balaban J connectivity index is 1.81. The second-order valence-corrected chi connectivity index (χ2v) is 4.94. The van der Waals surface area contributed by atoms with Gasteiger partial charge in [0.15, 0.2) is 0 Å². The summed E-state index contributed by atoms with van der Waals surface area (Å²) in [4.78, 5) is 12.0. The van der Waals surface area contributed by atoms with Gasteiger partial charge in [0.1, 0.15) is 11.6 Å². The van der Waals surface area contributed by atoms with Crippen molar-refractivity contribution in [2.75, 3.05) is 5.32 Å². The maximum atomic E-state index is 13.5. The molecule has 0 aliphatic heterocycles. The lowest BCUT2D eigenvalue weighted by Gasteiger charge is -2.03. The summed E-state index contributed by atoms with van der Waals surface area (Å²) in [7, 11) is 0. The van der Waals surface area contributed by atoms with E-state index >= 15 is 0 Å². The fourth-order valence-corrected chi connectivity index (χ4v) is 2.01. The third-order valence-electron chi connectivity index (χ3n) is 2.87. The third kappa shape index (κ3) is 3.35. The Labute approximate surface area is 133 Å². The van der Waals surface area contributed by atoms with Crippen LogP contribution in [-0.2, 0) is 0 Å². The van der Waals surface area contributed by atoms with Gasteiger partial charge in [-0.15, -0.1) is 10.2 Å². The molecular formula is C15H8ClF2N3O2. The highest BCUT2D eigenvalue weighted by atomic mass is 35.5. The molecule has 0 spiro atoms. The number of nitrogens with one attached hydrogen (secondary N) is 1. The lowest BCUT2D eigenvalue weighted by Crippen LogP contribution is -2.13. The molecule has 1 aromatic heterocycles. The van der Waals surface area contributed by atoms with E-state index in [4.69, 9.17) is 16.0 Å². The van der Waals surface area contributed by atoms with Crippen LogP contribution < -0.4 is 5.32 Å². The lowest BCUT2D eigenvalue weighted by molar-refractivity contribution is 0.0990. The number of hydrogen-bond acceptors (Lipinski definition) is 4. The number of carbonyl (C=O) groups is 1. The lowest BCUT2D eigenvalue weighted by atomic mass is 10.2. The number of rotatable bonds is 3. The number of aromatic nitrogens is 2. The SMILES string of the molecule is O=C(Nc1ccc(F)cc1F)c1nnc(-c2cccc(Cl)c2)o1.